The third kappa shape index (κ3) is 4.81. The Labute approximate surface area is 145 Å². The van der Waals surface area contributed by atoms with Gasteiger partial charge < -0.3 is 4.90 Å². The van der Waals surface area contributed by atoms with E-state index in [9.17, 15) is 22.9 Å². The van der Waals surface area contributed by atoms with Crippen molar-refractivity contribution in [2.75, 3.05) is 20.6 Å². The summed E-state index contributed by atoms with van der Waals surface area (Å²) in [4.78, 5) is 11.7. The van der Waals surface area contributed by atoms with Crippen LogP contribution in [0, 0.1) is 15.9 Å². The molecule has 0 saturated heterocycles. The largest absolute Gasteiger partial charge is 0.301 e. The monoisotopic (exact) mass is 367 g/mol. The van der Waals surface area contributed by atoms with Gasteiger partial charge in [-0.25, -0.2) is 17.5 Å². The molecule has 2 aromatic carbocycles. The Hall–Kier alpha value is -2.36. The topological polar surface area (TPSA) is 92.6 Å². The third-order valence-electron chi connectivity index (χ3n) is 3.68. The molecule has 2 rings (SSSR count). The highest BCUT2D eigenvalue weighted by atomic mass is 32.2. The summed E-state index contributed by atoms with van der Waals surface area (Å²) >= 11 is 0. The van der Waals surface area contributed by atoms with Crippen molar-refractivity contribution >= 4 is 15.7 Å². The van der Waals surface area contributed by atoms with Crippen molar-refractivity contribution < 1.29 is 17.7 Å². The van der Waals surface area contributed by atoms with Crippen LogP contribution in [-0.2, 0) is 10.0 Å². The van der Waals surface area contributed by atoms with Gasteiger partial charge in [-0.1, -0.05) is 12.1 Å². The van der Waals surface area contributed by atoms with E-state index in [4.69, 9.17) is 0 Å². The molecule has 0 saturated carbocycles. The van der Waals surface area contributed by atoms with Crippen molar-refractivity contribution in [2.45, 2.75) is 10.9 Å². The lowest BCUT2D eigenvalue weighted by Gasteiger charge is -2.25. The molecule has 0 heterocycles. The second kappa shape index (κ2) is 7.68. The van der Waals surface area contributed by atoms with Crippen LogP contribution in [0.2, 0.25) is 0 Å². The molecule has 0 aliphatic heterocycles. The summed E-state index contributed by atoms with van der Waals surface area (Å²) in [6, 6.07) is 10.2. The molecule has 0 bridgehead atoms. The van der Waals surface area contributed by atoms with Crippen LogP contribution in [0.25, 0.3) is 0 Å². The lowest BCUT2D eigenvalue weighted by molar-refractivity contribution is -0.384. The minimum Gasteiger partial charge on any atom is -0.301 e. The van der Waals surface area contributed by atoms with Crippen LogP contribution in [0.3, 0.4) is 0 Å². The van der Waals surface area contributed by atoms with Gasteiger partial charge in [-0.3, -0.25) is 10.1 Å². The molecule has 1 atom stereocenters. The van der Waals surface area contributed by atoms with Crippen molar-refractivity contribution in [3.05, 3.63) is 70.0 Å². The highest BCUT2D eigenvalue weighted by Gasteiger charge is 2.20. The lowest BCUT2D eigenvalue weighted by Crippen LogP contribution is -2.34. The molecule has 0 amide bonds. The predicted molar refractivity (Wildman–Crippen MR) is 91.1 cm³/mol. The Morgan fingerprint density at radius 1 is 1.20 bits per heavy atom. The van der Waals surface area contributed by atoms with Gasteiger partial charge in [-0.2, -0.15) is 0 Å². The molecule has 0 radical (unpaired) electrons. The Morgan fingerprint density at radius 3 is 2.36 bits per heavy atom. The number of hydrogen-bond donors (Lipinski definition) is 1. The molecule has 25 heavy (non-hydrogen) atoms. The molecular weight excluding hydrogens is 349 g/mol. The first kappa shape index (κ1) is 19.0. The Balaban J connectivity index is 2.17. The smallest absolute Gasteiger partial charge is 0.269 e. The Kier molecular flexibility index (Phi) is 5.83. The maximum Gasteiger partial charge on any atom is 0.269 e. The highest BCUT2D eigenvalue weighted by molar-refractivity contribution is 7.89. The molecule has 0 aliphatic rings. The van der Waals surface area contributed by atoms with Crippen molar-refractivity contribution in [3.8, 4) is 0 Å². The average Bonchev–Trinajstić information content (AvgIpc) is 2.54. The summed E-state index contributed by atoms with van der Waals surface area (Å²) in [7, 11) is -0.323. The number of benzene rings is 2. The fourth-order valence-electron chi connectivity index (χ4n) is 2.33. The zero-order valence-corrected chi connectivity index (χ0v) is 14.5. The number of likely N-dealkylation sites (N-methyl/N-ethyl adjacent to an activating group) is 1. The minimum absolute atomic E-state index is 0.0236. The van der Waals surface area contributed by atoms with Gasteiger partial charge in [0.2, 0.25) is 10.0 Å². The second-order valence-corrected chi connectivity index (χ2v) is 7.40. The maximum atomic E-state index is 13.4. The van der Waals surface area contributed by atoms with E-state index in [1.807, 2.05) is 0 Å². The number of non-ortho nitro benzene ring substituents is 1. The molecule has 0 aromatic heterocycles. The molecule has 134 valence electrons. The van der Waals surface area contributed by atoms with E-state index in [-0.39, 0.29) is 23.2 Å². The molecule has 0 fully saturated rings. The van der Waals surface area contributed by atoms with E-state index >= 15 is 0 Å². The number of hydrogen-bond acceptors (Lipinski definition) is 5. The minimum atomic E-state index is -3.84. The number of halogens is 1. The first-order valence-electron chi connectivity index (χ1n) is 7.37. The van der Waals surface area contributed by atoms with E-state index in [0.29, 0.717) is 5.56 Å². The molecule has 9 heteroatoms. The molecule has 2 aromatic rings. The fourth-order valence-corrected chi connectivity index (χ4v) is 3.37. The van der Waals surface area contributed by atoms with Crippen LogP contribution in [0.5, 0.6) is 0 Å². The normalized spacial score (nSPS) is 13.0. The van der Waals surface area contributed by atoms with Gasteiger partial charge in [0, 0.05) is 24.7 Å². The van der Waals surface area contributed by atoms with E-state index in [0.717, 1.165) is 12.1 Å². The van der Waals surface area contributed by atoms with Crippen LogP contribution in [0.15, 0.2) is 53.4 Å². The molecule has 1 N–H and O–H groups in total. The molecule has 7 nitrogen and oxygen atoms in total. The summed E-state index contributed by atoms with van der Waals surface area (Å²) in [6.45, 7) is 0.0236. The Morgan fingerprint density at radius 2 is 1.84 bits per heavy atom. The van der Waals surface area contributed by atoms with Crippen molar-refractivity contribution in [3.63, 3.8) is 0 Å². The number of nitrogens with zero attached hydrogens (tertiary/aromatic N) is 2. The van der Waals surface area contributed by atoms with Gasteiger partial charge >= 0.3 is 0 Å². The van der Waals surface area contributed by atoms with E-state index in [2.05, 4.69) is 4.72 Å². The standard InChI is InChI=1S/C16H18FN3O4S/c1-19(2)16(12-4-3-5-13(17)10-12)11-18-25(23,24)15-8-6-14(7-9-15)20(21)22/h3-10,16,18H,11H2,1-2H3. The molecular formula is C16H18FN3O4S. The molecule has 0 spiro atoms. The highest BCUT2D eigenvalue weighted by Crippen LogP contribution is 2.20. The molecule has 0 aliphatic carbocycles. The average molecular weight is 367 g/mol. The van der Waals surface area contributed by atoms with Crippen LogP contribution in [0.4, 0.5) is 10.1 Å². The molecule has 1 unspecified atom stereocenters. The number of nitro groups is 1. The number of rotatable bonds is 7. The summed E-state index contributed by atoms with van der Waals surface area (Å²) in [5.41, 5.74) is 0.446. The zero-order chi connectivity index (χ0) is 18.6. The van der Waals surface area contributed by atoms with Gasteiger partial charge in [0.05, 0.1) is 9.82 Å². The quantitative estimate of drug-likeness (QED) is 0.599. The first-order valence-corrected chi connectivity index (χ1v) is 8.85. The summed E-state index contributed by atoms with van der Waals surface area (Å²) in [5, 5.41) is 10.6. The maximum absolute atomic E-state index is 13.4. The van der Waals surface area contributed by atoms with E-state index < -0.39 is 20.8 Å². The van der Waals surface area contributed by atoms with Crippen LogP contribution >= 0.6 is 0 Å². The van der Waals surface area contributed by atoms with E-state index in [1.54, 1.807) is 31.1 Å². The first-order chi connectivity index (χ1) is 11.7. The summed E-state index contributed by atoms with van der Waals surface area (Å²) in [6.07, 6.45) is 0. The van der Waals surface area contributed by atoms with Crippen LogP contribution in [0.1, 0.15) is 11.6 Å². The van der Waals surface area contributed by atoms with Crippen molar-refractivity contribution in [1.82, 2.24) is 9.62 Å². The third-order valence-corrected chi connectivity index (χ3v) is 5.12. The lowest BCUT2D eigenvalue weighted by atomic mass is 10.1. The van der Waals surface area contributed by atoms with Gasteiger partial charge in [-0.15, -0.1) is 0 Å². The number of nitro benzene ring substituents is 1. The summed E-state index contributed by atoms with van der Waals surface area (Å²) in [5.74, 6) is -0.400. The zero-order valence-electron chi connectivity index (χ0n) is 13.7. The van der Waals surface area contributed by atoms with E-state index in [1.165, 1.54) is 24.3 Å². The van der Waals surface area contributed by atoms with Gasteiger partial charge in [0.25, 0.3) is 5.69 Å². The Bertz CT molecular complexity index is 854. The second-order valence-electron chi connectivity index (χ2n) is 5.64. The predicted octanol–water partition coefficient (Wildman–Crippen LogP) is 2.32. The van der Waals surface area contributed by atoms with Gasteiger partial charge in [0.15, 0.2) is 0 Å². The van der Waals surface area contributed by atoms with Crippen LogP contribution < -0.4 is 4.72 Å². The van der Waals surface area contributed by atoms with Crippen LogP contribution in [-0.4, -0.2) is 38.9 Å². The SMILES string of the molecule is CN(C)C(CNS(=O)(=O)c1ccc([N+](=O)[O-])cc1)c1cccc(F)c1. The fraction of sp³-hybridized carbons (Fsp3) is 0.250. The summed E-state index contributed by atoms with van der Waals surface area (Å²) < 4.78 is 40.6. The van der Waals surface area contributed by atoms with Crippen molar-refractivity contribution in [1.29, 1.82) is 0 Å². The number of nitrogens with one attached hydrogen (secondary N) is 1. The van der Waals surface area contributed by atoms with Crippen molar-refractivity contribution in [2.24, 2.45) is 0 Å². The van der Waals surface area contributed by atoms with Gasteiger partial charge in [-0.05, 0) is 43.9 Å². The van der Waals surface area contributed by atoms with Gasteiger partial charge in [0.1, 0.15) is 5.82 Å². The number of sulfonamides is 1.